The zero-order valence-electron chi connectivity index (χ0n) is 7.24. The molecule has 4 N–H and O–H groups in total. The van der Waals surface area contributed by atoms with E-state index in [1.165, 1.54) is 0 Å². The Labute approximate surface area is 72.9 Å². The molecule has 0 radical (unpaired) electrons. The molecular formula is C6H15N3O2S. The highest BCUT2D eigenvalue weighted by atomic mass is 32.2. The molecule has 72 valence electrons. The maximum atomic E-state index is 11.2. The van der Waals surface area contributed by atoms with E-state index in [0.29, 0.717) is 0 Å². The minimum atomic E-state index is -3.33. The first kappa shape index (κ1) is 9.91. The average molecular weight is 193 g/mol. The van der Waals surface area contributed by atoms with Crippen LogP contribution in [0.4, 0.5) is 0 Å². The van der Waals surface area contributed by atoms with Gasteiger partial charge >= 0.3 is 0 Å². The highest BCUT2D eigenvalue weighted by Gasteiger charge is 2.36. The molecule has 0 aromatic rings. The van der Waals surface area contributed by atoms with Gasteiger partial charge in [0.1, 0.15) is 0 Å². The van der Waals surface area contributed by atoms with Crippen molar-refractivity contribution >= 4 is 10.2 Å². The van der Waals surface area contributed by atoms with Crippen molar-refractivity contribution in [2.24, 2.45) is 5.73 Å². The zero-order valence-corrected chi connectivity index (χ0v) is 8.06. The van der Waals surface area contributed by atoms with E-state index in [2.05, 4.69) is 9.44 Å². The van der Waals surface area contributed by atoms with Gasteiger partial charge in [-0.25, -0.2) is 0 Å². The van der Waals surface area contributed by atoms with Crippen molar-refractivity contribution in [1.82, 2.24) is 9.44 Å². The van der Waals surface area contributed by atoms with Gasteiger partial charge < -0.3 is 5.73 Å². The molecule has 1 rings (SSSR count). The van der Waals surface area contributed by atoms with Gasteiger partial charge in [0.05, 0.1) is 0 Å². The van der Waals surface area contributed by atoms with Crippen LogP contribution in [0.15, 0.2) is 0 Å². The fourth-order valence-corrected chi connectivity index (χ4v) is 2.25. The Bertz CT molecular complexity index is 250. The first-order chi connectivity index (χ1) is 5.41. The Hall–Kier alpha value is -0.170. The van der Waals surface area contributed by atoms with E-state index >= 15 is 0 Å². The van der Waals surface area contributed by atoms with Gasteiger partial charge in [0.2, 0.25) is 0 Å². The van der Waals surface area contributed by atoms with Gasteiger partial charge in [-0.15, -0.1) is 0 Å². The molecule has 0 amide bonds. The van der Waals surface area contributed by atoms with E-state index < -0.39 is 10.2 Å². The summed E-state index contributed by atoms with van der Waals surface area (Å²) in [4.78, 5) is 0. The summed E-state index contributed by atoms with van der Waals surface area (Å²) in [7, 11) is -3.33. The summed E-state index contributed by atoms with van der Waals surface area (Å²) in [5.74, 6) is 0. The third kappa shape index (κ3) is 3.06. The molecule has 0 aromatic carbocycles. The maximum Gasteiger partial charge on any atom is 0.277 e. The highest BCUT2D eigenvalue weighted by Crippen LogP contribution is 2.18. The summed E-state index contributed by atoms with van der Waals surface area (Å²) < 4.78 is 27.2. The molecule has 5 nitrogen and oxygen atoms in total. The van der Waals surface area contributed by atoms with Crippen molar-refractivity contribution in [3.8, 4) is 0 Å². The van der Waals surface area contributed by atoms with E-state index in [1.54, 1.807) is 13.8 Å². The van der Waals surface area contributed by atoms with E-state index in [4.69, 9.17) is 5.73 Å². The molecule has 2 unspecified atom stereocenters. The quantitative estimate of drug-likeness (QED) is 0.531. The van der Waals surface area contributed by atoms with Crippen LogP contribution in [0.5, 0.6) is 0 Å². The second-order valence-electron chi connectivity index (χ2n) is 3.40. The molecule has 1 aliphatic rings. The van der Waals surface area contributed by atoms with Gasteiger partial charge in [-0.2, -0.15) is 17.9 Å². The number of rotatable bonds is 4. The summed E-state index contributed by atoms with van der Waals surface area (Å²) >= 11 is 0. The Morgan fingerprint density at radius 3 is 2.33 bits per heavy atom. The van der Waals surface area contributed by atoms with Crippen LogP contribution in [0.2, 0.25) is 0 Å². The summed E-state index contributed by atoms with van der Waals surface area (Å²) in [5, 5.41) is 0. The fourth-order valence-electron chi connectivity index (χ4n) is 0.894. The van der Waals surface area contributed by atoms with Crippen molar-refractivity contribution in [3.63, 3.8) is 0 Å². The summed E-state index contributed by atoms with van der Waals surface area (Å²) in [5.41, 5.74) is 5.45. The smallest absolute Gasteiger partial charge is 0.277 e. The lowest BCUT2D eigenvalue weighted by molar-refractivity contribution is 0.553. The molecule has 6 heteroatoms. The van der Waals surface area contributed by atoms with E-state index in [-0.39, 0.29) is 18.1 Å². The van der Waals surface area contributed by atoms with Crippen LogP contribution in [0, 0.1) is 0 Å². The van der Waals surface area contributed by atoms with Gasteiger partial charge in [-0.05, 0) is 20.3 Å². The molecule has 0 spiro atoms. The van der Waals surface area contributed by atoms with Crippen molar-refractivity contribution in [2.75, 3.05) is 0 Å². The van der Waals surface area contributed by atoms with Crippen LogP contribution in [0.25, 0.3) is 0 Å². The molecule has 0 heterocycles. The molecule has 1 aliphatic carbocycles. The Morgan fingerprint density at radius 1 is 1.50 bits per heavy atom. The topological polar surface area (TPSA) is 84.2 Å². The highest BCUT2D eigenvalue weighted by molar-refractivity contribution is 7.87. The average Bonchev–Trinajstić information content (AvgIpc) is 2.40. The predicted octanol–water partition coefficient (Wildman–Crippen LogP) is -1.08. The van der Waals surface area contributed by atoms with Crippen LogP contribution >= 0.6 is 0 Å². The van der Waals surface area contributed by atoms with Gasteiger partial charge in [-0.1, -0.05) is 0 Å². The Kier molecular flexibility index (Phi) is 2.72. The van der Waals surface area contributed by atoms with Crippen molar-refractivity contribution in [1.29, 1.82) is 0 Å². The van der Waals surface area contributed by atoms with Crippen molar-refractivity contribution in [2.45, 2.75) is 38.4 Å². The third-order valence-electron chi connectivity index (χ3n) is 1.54. The molecule has 0 aliphatic heterocycles. The first-order valence-electron chi connectivity index (χ1n) is 3.96. The van der Waals surface area contributed by atoms with Crippen LogP contribution in [0.3, 0.4) is 0 Å². The lowest BCUT2D eigenvalue weighted by Crippen LogP contribution is -2.42. The summed E-state index contributed by atoms with van der Waals surface area (Å²) in [6.45, 7) is 3.54. The summed E-state index contributed by atoms with van der Waals surface area (Å²) in [6.07, 6.45) is 0.735. The Morgan fingerprint density at radius 2 is 2.00 bits per heavy atom. The van der Waals surface area contributed by atoms with E-state index in [1.807, 2.05) is 0 Å². The monoisotopic (exact) mass is 193 g/mol. The molecule has 0 aromatic heterocycles. The van der Waals surface area contributed by atoms with Gasteiger partial charge in [-0.3, -0.25) is 0 Å². The third-order valence-corrected chi connectivity index (χ3v) is 2.93. The summed E-state index contributed by atoms with van der Waals surface area (Å²) in [6, 6.07) is -0.160. The second kappa shape index (κ2) is 3.29. The van der Waals surface area contributed by atoms with Gasteiger partial charge in [0.15, 0.2) is 0 Å². The van der Waals surface area contributed by atoms with Crippen molar-refractivity contribution in [3.05, 3.63) is 0 Å². The van der Waals surface area contributed by atoms with Gasteiger partial charge in [0.25, 0.3) is 10.2 Å². The second-order valence-corrected chi connectivity index (χ2v) is 4.88. The number of hydrogen-bond donors (Lipinski definition) is 3. The zero-order chi connectivity index (χ0) is 9.35. The van der Waals surface area contributed by atoms with Crippen molar-refractivity contribution < 1.29 is 8.42 Å². The molecule has 12 heavy (non-hydrogen) atoms. The molecule has 1 saturated carbocycles. The van der Waals surface area contributed by atoms with E-state index in [9.17, 15) is 8.42 Å². The Balaban J connectivity index is 2.39. The standard InChI is InChI=1S/C6H15N3O2S/c1-4(2)8-12(10,11)9-6-3-5(6)7/h4-6,8-9H,3,7H2,1-2H3. The normalized spacial score (nSPS) is 29.3. The van der Waals surface area contributed by atoms with Crippen LogP contribution in [-0.4, -0.2) is 26.5 Å². The molecule has 0 saturated heterocycles. The first-order valence-corrected chi connectivity index (χ1v) is 5.44. The molecule has 1 fully saturated rings. The molecule has 2 atom stereocenters. The molecule has 0 bridgehead atoms. The minimum Gasteiger partial charge on any atom is -0.326 e. The van der Waals surface area contributed by atoms with Crippen LogP contribution < -0.4 is 15.2 Å². The SMILES string of the molecule is CC(C)NS(=O)(=O)NC1CC1N. The van der Waals surface area contributed by atoms with Crippen LogP contribution in [0.1, 0.15) is 20.3 Å². The largest absolute Gasteiger partial charge is 0.326 e. The van der Waals surface area contributed by atoms with Gasteiger partial charge in [0, 0.05) is 18.1 Å². The number of hydrogen-bond acceptors (Lipinski definition) is 3. The molecular weight excluding hydrogens is 178 g/mol. The van der Waals surface area contributed by atoms with E-state index in [0.717, 1.165) is 6.42 Å². The number of nitrogens with one attached hydrogen (secondary N) is 2. The minimum absolute atomic E-state index is 0.00580. The van der Waals surface area contributed by atoms with Crippen LogP contribution in [-0.2, 0) is 10.2 Å². The lowest BCUT2D eigenvalue weighted by Gasteiger charge is -2.09. The predicted molar refractivity (Wildman–Crippen MR) is 46.7 cm³/mol. The number of nitrogens with two attached hydrogens (primary N) is 1. The lowest BCUT2D eigenvalue weighted by atomic mass is 10.4. The fraction of sp³-hybridized carbons (Fsp3) is 1.00. The maximum absolute atomic E-state index is 11.2.